The van der Waals surface area contributed by atoms with Gasteiger partial charge in [-0.25, -0.2) is 0 Å². The van der Waals surface area contributed by atoms with Crippen molar-refractivity contribution in [3.8, 4) is 28.7 Å². The van der Waals surface area contributed by atoms with Crippen molar-refractivity contribution in [1.82, 2.24) is 0 Å². The maximum Gasteiger partial charge on any atom is 0.205 e. The Morgan fingerprint density at radius 3 is 2.21 bits per heavy atom. The third-order valence-corrected chi connectivity index (χ3v) is 4.86. The average molecular weight is 458 g/mol. The first kappa shape index (κ1) is 23.4. The minimum Gasteiger partial charge on any atom is -0.502 e. The molecule has 0 aliphatic heterocycles. The molecule has 0 bridgehead atoms. The zero-order valence-corrected chi connectivity index (χ0v) is 18.7. The highest BCUT2D eigenvalue weighted by molar-refractivity contribution is 6.20. The second kappa shape index (κ2) is 9.90. The van der Waals surface area contributed by atoms with E-state index < -0.39 is 5.78 Å². The van der Waals surface area contributed by atoms with Crippen molar-refractivity contribution in [2.45, 2.75) is 0 Å². The highest BCUT2D eigenvalue weighted by Gasteiger charge is 2.27. The van der Waals surface area contributed by atoms with Crippen LogP contribution < -0.4 is 35.7 Å². The Kier molecular flexibility index (Phi) is 7.01. The second-order valence-electron chi connectivity index (χ2n) is 6.78. The van der Waals surface area contributed by atoms with Gasteiger partial charge in [-0.1, -0.05) is 0 Å². The summed E-state index contributed by atoms with van der Waals surface area (Å²) in [6.45, 7) is 0.512. The first-order valence-corrected chi connectivity index (χ1v) is 9.82. The number of ketones is 1. The van der Waals surface area contributed by atoms with Gasteiger partial charge in [0.2, 0.25) is 17.4 Å². The lowest BCUT2D eigenvalue weighted by Gasteiger charge is -2.14. The van der Waals surface area contributed by atoms with Gasteiger partial charge in [-0.05, 0) is 24.3 Å². The number of guanidine groups is 1. The largest absolute Gasteiger partial charge is 0.502 e. The second-order valence-corrected chi connectivity index (χ2v) is 6.78. The lowest BCUT2D eigenvalue weighted by molar-refractivity contribution is 0.103. The number of hydrogen-bond acceptors (Lipinski definition) is 9. The third kappa shape index (κ3) is 4.52. The summed E-state index contributed by atoms with van der Waals surface area (Å²) in [4.78, 5) is 17.6. The van der Waals surface area contributed by atoms with Gasteiger partial charge in [0.05, 0.1) is 40.5 Å². The van der Waals surface area contributed by atoms with E-state index in [1.807, 2.05) is 0 Å². The van der Waals surface area contributed by atoms with Crippen LogP contribution in [0.1, 0.15) is 15.9 Å². The summed E-state index contributed by atoms with van der Waals surface area (Å²) in [5, 5.41) is 13.9. The molecule has 1 aromatic heterocycles. The molecule has 11 heteroatoms. The molecule has 0 unspecified atom stereocenters. The van der Waals surface area contributed by atoms with E-state index in [-0.39, 0.29) is 53.1 Å². The van der Waals surface area contributed by atoms with Crippen molar-refractivity contribution >= 4 is 28.6 Å². The van der Waals surface area contributed by atoms with Crippen LogP contribution in [0.3, 0.4) is 0 Å². The lowest BCUT2D eigenvalue weighted by atomic mass is 10.0. The van der Waals surface area contributed by atoms with Crippen molar-refractivity contribution < 1.29 is 33.3 Å². The molecule has 1 heterocycles. The number of phenols is 1. The first-order chi connectivity index (χ1) is 15.9. The molecule has 11 nitrogen and oxygen atoms in total. The van der Waals surface area contributed by atoms with Crippen molar-refractivity contribution in [2.75, 3.05) is 46.8 Å². The highest BCUT2D eigenvalue weighted by atomic mass is 16.5. The molecule has 0 fully saturated rings. The number of phenolic OH excluding ortho intramolecular Hbond substituents is 1. The molecule has 0 radical (unpaired) electrons. The topological polar surface area (TPSA) is 164 Å². The van der Waals surface area contributed by atoms with E-state index in [4.69, 9.17) is 34.8 Å². The molecule has 0 aliphatic rings. The van der Waals surface area contributed by atoms with E-state index in [9.17, 15) is 9.90 Å². The normalized spacial score (nSPS) is 10.5. The molecule has 3 aromatic rings. The van der Waals surface area contributed by atoms with Crippen molar-refractivity contribution in [1.29, 1.82) is 0 Å². The summed E-state index contributed by atoms with van der Waals surface area (Å²) >= 11 is 0. The number of nitrogens with two attached hydrogens (primary N) is 2. The quantitative estimate of drug-likeness (QED) is 0.153. The Labute approximate surface area is 189 Å². The number of hydrogen-bond donors (Lipinski definition) is 4. The van der Waals surface area contributed by atoms with Gasteiger partial charge in [-0.15, -0.1) is 0 Å². The Hall–Kier alpha value is -4.28. The van der Waals surface area contributed by atoms with Gasteiger partial charge in [0.1, 0.15) is 0 Å². The summed E-state index contributed by atoms with van der Waals surface area (Å²) in [7, 11) is 5.81. The molecule has 0 atom stereocenters. The minimum absolute atomic E-state index is 0.0579. The first-order valence-electron chi connectivity index (χ1n) is 9.82. The SMILES string of the molecule is COc1cc(C(=O)c2c(NCCN=C(N)N)oc3c(O)c(OC)ccc23)cc(OC)c1OC. The summed E-state index contributed by atoms with van der Waals surface area (Å²) in [5.74, 6) is 0.643. The standard InChI is InChI=1S/C22H26N4O7/c1-29-13-6-5-12-16(21(33-19(12)18(13)28)25-7-8-26-22(23)24)17(27)11-9-14(30-2)20(32-4)15(10-11)31-3/h5-6,9-10,25,28H,7-8H2,1-4H3,(H4,23,24,26). The highest BCUT2D eigenvalue weighted by Crippen LogP contribution is 2.43. The molecule has 3 rings (SSSR count). The molecular formula is C22H26N4O7. The van der Waals surface area contributed by atoms with Crippen molar-refractivity contribution in [2.24, 2.45) is 16.5 Å². The number of fused-ring (bicyclic) bond motifs is 1. The van der Waals surface area contributed by atoms with Crippen LogP contribution in [0.2, 0.25) is 0 Å². The van der Waals surface area contributed by atoms with Gasteiger partial charge < -0.3 is 45.3 Å². The number of aliphatic imine (C=N–C) groups is 1. The van der Waals surface area contributed by atoms with E-state index in [0.29, 0.717) is 22.6 Å². The monoisotopic (exact) mass is 458 g/mol. The zero-order chi connectivity index (χ0) is 24.1. The Morgan fingerprint density at radius 1 is 1.03 bits per heavy atom. The number of aromatic hydroxyl groups is 1. The molecule has 6 N–H and O–H groups in total. The van der Waals surface area contributed by atoms with Crippen LogP contribution >= 0.6 is 0 Å². The summed E-state index contributed by atoms with van der Waals surface area (Å²) in [6, 6.07) is 6.25. The number of ether oxygens (including phenoxy) is 4. The summed E-state index contributed by atoms with van der Waals surface area (Å²) < 4.78 is 27.0. The van der Waals surface area contributed by atoms with Crippen molar-refractivity contribution in [3.63, 3.8) is 0 Å². The molecule has 33 heavy (non-hydrogen) atoms. The molecule has 2 aromatic carbocycles. The Balaban J connectivity index is 2.15. The third-order valence-electron chi connectivity index (χ3n) is 4.86. The van der Waals surface area contributed by atoms with Crippen LogP contribution in [0.15, 0.2) is 33.7 Å². The molecule has 0 saturated heterocycles. The predicted octanol–water partition coefficient (Wildman–Crippen LogP) is 2.09. The van der Waals surface area contributed by atoms with Crippen LogP contribution in [0, 0.1) is 0 Å². The molecule has 0 aliphatic carbocycles. The fourth-order valence-corrected chi connectivity index (χ4v) is 3.35. The van der Waals surface area contributed by atoms with Gasteiger partial charge >= 0.3 is 0 Å². The van der Waals surface area contributed by atoms with Crippen LogP contribution in [-0.2, 0) is 0 Å². The zero-order valence-electron chi connectivity index (χ0n) is 18.7. The fourth-order valence-electron chi connectivity index (χ4n) is 3.35. The van der Waals surface area contributed by atoms with E-state index in [0.717, 1.165) is 0 Å². The number of rotatable bonds is 10. The Morgan fingerprint density at radius 2 is 1.67 bits per heavy atom. The van der Waals surface area contributed by atoms with Crippen LogP contribution in [0.4, 0.5) is 5.88 Å². The molecule has 0 spiro atoms. The van der Waals surface area contributed by atoms with Gasteiger partial charge in [0.25, 0.3) is 0 Å². The number of carbonyl (C=O) groups is 1. The average Bonchev–Trinajstić information content (AvgIpc) is 3.19. The molecule has 176 valence electrons. The molecular weight excluding hydrogens is 432 g/mol. The number of benzene rings is 2. The number of furan rings is 1. The number of nitrogens with one attached hydrogen (secondary N) is 1. The minimum atomic E-state index is -0.401. The van der Waals surface area contributed by atoms with E-state index in [2.05, 4.69) is 10.3 Å². The Bertz CT molecular complexity index is 1170. The van der Waals surface area contributed by atoms with Gasteiger partial charge in [-0.3, -0.25) is 9.79 Å². The van der Waals surface area contributed by atoms with Crippen LogP contribution in [0.5, 0.6) is 28.7 Å². The van der Waals surface area contributed by atoms with Crippen LogP contribution in [0.25, 0.3) is 11.0 Å². The van der Waals surface area contributed by atoms with Gasteiger partial charge in [0.15, 0.2) is 34.6 Å². The summed E-state index contributed by atoms with van der Waals surface area (Å²) in [6.07, 6.45) is 0. The van der Waals surface area contributed by atoms with Gasteiger partial charge in [0, 0.05) is 17.5 Å². The number of anilines is 1. The molecule has 0 saturated carbocycles. The maximum absolute atomic E-state index is 13.7. The maximum atomic E-state index is 13.7. The van der Waals surface area contributed by atoms with E-state index in [1.165, 1.54) is 40.6 Å². The van der Waals surface area contributed by atoms with E-state index in [1.54, 1.807) is 12.1 Å². The summed E-state index contributed by atoms with van der Waals surface area (Å²) in [5.41, 5.74) is 11.3. The number of carbonyl (C=O) groups excluding carboxylic acids is 1. The lowest BCUT2D eigenvalue weighted by Crippen LogP contribution is -2.24. The predicted molar refractivity (Wildman–Crippen MR) is 123 cm³/mol. The fraction of sp³-hybridized carbons (Fsp3) is 0.273. The van der Waals surface area contributed by atoms with Gasteiger partial charge in [-0.2, -0.15) is 0 Å². The van der Waals surface area contributed by atoms with Crippen molar-refractivity contribution in [3.05, 3.63) is 35.4 Å². The smallest absolute Gasteiger partial charge is 0.205 e. The van der Waals surface area contributed by atoms with Crippen LogP contribution in [-0.4, -0.2) is 58.4 Å². The van der Waals surface area contributed by atoms with E-state index >= 15 is 0 Å². The number of methoxy groups -OCH3 is 4. The molecule has 0 amide bonds. The number of nitrogens with zero attached hydrogens (tertiary/aromatic N) is 1.